The molecule has 0 saturated heterocycles. The van der Waals surface area contributed by atoms with Gasteiger partial charge in [0.2, 0.25) is 11.8 Å². The zero-order valence-electron chi connectivity index (χ0n) is 10.5. The first kappa shape index (κ1) is 11.7. The van der Waals surface area contributed by atoms with E-state index in [9.17, 15) is 4.79 Å². The van der Waals surface area contributed by atoms with Crippen LogP contribution in [0.3, 0.4) is 0 Å². The fourth-order valence-electron chi connectivity index (χ4n) is 2.14. The summed E-state index contributed by atoms with van der Waals surface area (Å²) in [4.78, 5) is 12.3. The van der Waals surface area contributed by atoms with Crippen LogP contribution >= 0.6 is 0 Å². The van der Waals surface area contributed by atoms with Crippen molar-refractivity contribution in [1.29, 1.82) is 0 Å². The van der Waals surface area contributed by atoms with Crippen LogP contribution in [0.15, 0.2) is 28.7 Å². The molecule has 1 aromatic heterocycles. The van der Waals surface area contributed by atoms with E-state index in [1.54, 1.807) is 19.1 Å². The summed E-state index contributed by atoms with van der Waals surface area (Å²) in [5.74, 6) is 0.313. The fraction of sp³-hybridized carbons (Fsp3) is 0.308. The van der Waals surface area contributed by atoms with Crippen molar-refractivity contribution in [2.45, 2.75) is 25.2 Å². The van der Waals surface area contributed by atoms with Gasteiger partial charge in [-0.25, -0.2) is 0 Å². The van der Waals surface area contributed by atoms with Gasteiger partial charge in [0.25, 0.3) is 0 Å². The molecular weight excluding hydrogens is 244 g/mol. The van der Waals surface area contributed by atoms with E-state index in [2.05, 4.69) is 15.5 Å². The highest BCUT2D eigenvalue weighted by atomic mass is 16.4. The van der Waals surface area contributed by atoms with Gasteiger partial charge in [0, 0.05) is 12.6 Å². The van der Waals surface area contributed by atoms with Crippen LogP contribution < -0.4 is 11.1 Å². The zero-order valence-corrected chi connectivity index (χ0v) is 10.5. The summed E-state index contributed by atoms with van der Waals surface area (Å²) >= 11 is 0. The van der Waals surface area contributed by atoms with Crippen molar-refractivity contribution in [2.75, 3.05) is 11.1 Å². The van der Waals surface area contributed by atoms with Gasteiger partial charge in [-0.15, -0.1) is 5.10 Å². The van der Waals surface area contributed by atoms with E-state index in [1.807, 2.05) is 12.1 Å². The van der Waals surface area contributed by atoms with E-state index >= 15 is 0 Å². The highest BCUT2D eigenvalue weighted by molar-refractivity contribution is 6.00. The number of benzene rings is 1. The Balaban J connectivity index is 1.81. The number of carbonyl (C=O) groups is 1. The van der Waals surface area contributed by atoms with Gasteiger partial charge in [-0.3, -0.25) is 10.1 Å². The summed E-state index contributed by atoms with van der Waals surface area (Å²) in [5, 5.41) is 10.1. The average Bonchev–Trinajstić information content (AvgIpc) is 3.10. The molecule has 98 valence electrons. The van der Waals surface area contributed by atoms with Gasteiger partial charge in [0.15, 0.2) is 0 Å². The van der Waals surface area contributed by atoms with E-state index in [-0.39, 0.29) is 11.9 Å². The lowest BCUT2D eigenvalue weighted by molar-refractivity contribution is -0.118. The number of rotatable bonds is 3. The van der Waals surface area contributed by atoms with E-state index in [0.717, 1.165) is 18.4 Å². The molecule has 1 amide bonds. The molecule has 1 saturated carbocycles. The van der Waals surface area contributed by atoms with Crippen LogP contribution in [0.4, 0.5) is 11.7 Å². The Morgan fingerprint density at radius 3 is 2.53 bits per heavy atom. The third kappa shape index (κ3) is 2.05. The molecule has 1 heterocycles. The first-order chi connectivity index (χ1) is 9.10. The second-order valence-electron chi connectivity index (χ2n) is 4.78. The Morgan fingerprint density at radius 2 is 2.00 bits per heavy atom. The molecule has 0 unspecified atom stereocenters. The lowest BCUT2D eigenvalue weighted by Gasteiger charge is -2.14. The number of anilines is 2. The third-order valence-corrected chi connectivity index (χ3v) is 3.39. The first-order valence-electron chi connectivity index (χ1n) is 6.08. The molecule has 0 spiro atoms. The largest absolute Gasteiger partial charge is 0.408 e. The monoisotopic (exact) mass is 258 g/mol. The average molecular weight is 258 g/mol. The number of amides is 1. The van der Waals surface area contributed by atoms with Crippen LogP contribution in [-0.4, -0.2) is 16.1 Å². The van der Waals surface area contributed by atoms with E-state index in [1.165, 1.54) is 0 Å². The number of nitrogens with one attached hydrogen (secondary N) is 1. The molecule has 0 atom stereocenters. The van der Waals surface area contributed by atoms with Crippen molar-refractivity contribution in [3.63, 3.8) is 0 Å². The summed E-state index contributed by atoms with van der Waals surface area (Å²) in [6.45, 7) is 1.68. The summed E-state index contributed by atoms with van der Waals surface area (Å²) in [7, 11) is 0. The zero-order chi connectivity index (χ0) is 13.5. The Labute approximate surface area is 110 Å². The molecule has 19 heavy (non-hydrogen) atoms. The number of hydrogen-bond donors (Lipinski definition) is 2. The second kappa shape index (κ2) is 4.08. The lowest BCUT2D eigenvalue weighted by Crippen LogP contribution is -2.27. The summed E-state index contributed by atoms with van der Waals surface area (Å²) in [5.41, 5.74) is 6.84. The van der Waals surface area contributed by atoms with Gasteiger partial charge in [0.05, 0.1) is 5.41 Å². The fourth-order valence-corrected chi connectivity index (χ4v) is 2.14. The van der Waals surface area contributed by atoms with Gasteiger partial charge in [-0.1, -0.05) is 17.2 Å². The number of aryl methyl sites for hydroxylation is 1. The SMILES string of the molecule is Cc1nnc(NC(=O)C2(c3ccc(N)cc3)CC2)o1. The van der Waals surface area contributed by atoms with E-state index in [4.69, 9.17) is 10.2 Å². The quantitative estimate of drug-likeness (QED) is 0.816. The molecule has 3 rings (SSSR count). The molecule has 6 heteroatoms. The smallest absolute Gasteiger partial charge is 0.322 e. The van der Waals surface area contributed by atoms with Gasteiger partial charge in [-0.2, -0.15) is 0 Å². The maximum atomic E-state index is 12.3. The number of nitrogens with two attached hydrogens (primary N) is 1. The van der Waals surface area contributed by atoms with Gasteiger partial charge >= 0.3 is 6.01 Å². The standard InChI is InChI=1S/C13H14N4O2/c1-8-16-17-12(19-8)15-11(18)13(6-7-13)9-2-4-10(14)5-3-9/h2-5H,6-7,14H2,1H3,(H,15,17,18). The van der Waals surface area contributed by atoms with Gasteiger partial charge < -0.3 is 10.2 Å². The molecule has 1 aliphatic carbocycles. The van der Waals surface area contributed by atoms with Crippen LogP contribution in [0.5, 0.6) is 0 Å². The highest BCUT2D eigenvalue weighted by Crippen LogP contribution is 2.49. The van der Waals surface area contributed by atoms with Gasteiger partial charge in [0.1, 0.15) is 0 Å². The van der Waals surface area contributed by atoms with Crippen LogP contribution in [0.25, 0.3) is 0 Å². The topological polar surface area (TPSA) is 94.0 Å². The van der Waals surface area contributed by atoms with E-state index < -0.39 is 5.41 Å². The molecule has 1 aliphatic rings. The molecule has 1 aromatic carbocycles. The minimum Gasteiger partial charge on any atom is -0.408 e. The van der Waals surface area contributed by atoms with Crippen molar-refractivity contribution < 1.29 is 9.21 Å². The van der Waals surface area contributed by atoms with E-state index in [0.29, 0.717) is 11.6 Å². The number of carbonyl (C=O) groups excluding carboxylic acids is 1. The molecule has 0 radical (unpaired) electrons. The van der Waals surface area contributed by atoms with Crippen molar-refractivity contribution in [3.8, 4) is 0 Å². The Bertz CT molecular complexity index is 614. The number of hydrogen-bond acceptors (Lipinski definition) is 5. The molecule has 1 fully saturated rings. The minimum atomic E-state index is -0.476. The first-order valence-corrected chi connectivity index (χ1v) is 6.08. The normalized spacial score (nSPS) is 16.1. The van der Waals surface area contributed by atoms with Crippen molar-refractivity contribution >= 4 is 17.6 Å². The molecule has 0 bridgehead atoms. The molecule has 2 aromatic rings. The Kier molecular flexibility index (Phi) is 2.51. The summed E-state index contributed by atoms with van der Waals surface area (Å²) < 4.78 is 5.16. The van der Waals surface area contributed by atoms with Crippen LogP contribution in [0.1, 0.15) is 24.3 Å². The van der Waals surface area contributed by atoms with Crippen molar-refractivity contribution in [2.24, 2.45) is 0 Å². The van der Waals surface area contributed by atoms with Crippen LogP contribution in [-0.2, 0) is 10.2 Å². The Morgan fingerprint density at radius 1 is 1.32 bits per heavy atom. The summed E-state index contributed by atoms with van der Waals surface area (Å²) in [6, 6.07) is 7.53. The number of nitrogen functional groups attached to an aromatic ring is 1. The predicted octanol–water partition coefficient (Wildman–Crippen LogP) is 1.63. The predicted molar refractivity (Wildman–Crippen MR) is 69.4 cm³/mol. The van der Waals surface area contributed by atoms with Crippen molar-refractivity contribution in [1.82, 2.24) is 10.2 Å². The maximum absolute atomic E-state index is 12.3. The minimum absolute atomic E-state index is 0.110. The third-order valence-electron chi connectivity index (χ3n) is 3.39. The van der Waals surface area contributed by atoms with Crippen LogP contribution in [0, 0.1) is 6.92 Å². The Hall–Kier alpha value is -2.37. The van der Waals surface area contributed by atoms with Gasteiger partial charge in [-0.05, 0) is 30.5 Å². The highest BCUT2D eigenvalue weighted by Gasteiger charge is 2.51. The van der Waals surface area contributed by atoms with Crippen molar-refractivity contribution in [3.05, 3.63) is 35.7 Å². The molecule has 6 nitrogen and oxygen atoms in total. The number of nitrogens with zero attached hydrogens (tertiary/aromatic N) is 2. The molecule has 3 N–H and O–H groups in total. The second-order valence-corrected chi connectivity index (χ2v) is 4.78. The molecule has 0 aliphatic heterocycles. The molecular formula is C13H14N4O2. The maximum Gasteiger partial charge on any atom is 0.322 e. The lowest BCUT2D eigenvalue weighted by atomic mass is 9.95. The van der Waals surface area contributed by atoms with Crippen LogP contribution in [0.2, 0.25) is 0 Å². The summed E-state index contributed by atoms with van der Waals surface area (Å²) in [6.07, 6.45) is 1.63. The number of aromatic nitrogens is 2.